The van der Waals surface area contributed by atoms with E-state index in [-0.39, 0.29) is 29.4 Å². The first-order valence-corrected chi connectivity index (χ1v) is 10.3. The number of pyridine rings is 2. The standard InChI is InChI=1S/C20H19FN4O4S/c1-2-29-20(28)15-16(13-10-12(21)11-22-17(13)23-18(15)26)24-5-7-25(8-6-24)19(27)14-4-3-9-30-14/h3-4,9-11H,2,5-8H2,1H3,(H,22,23,26). The molecule has 1 fully saturated rings. The van der Waals surface area contributed by atoms with Gasteiger partial charge in [-0.2, -0.15) is 0 Å². The third-order valence-electron chi connectivity index (χ3n) is 4.90. The van der Waals surface area contributed by atoms with Crippen molar-refractivity contribution in [2.24, 2.45) is 0 Å². The molecule has 0 saturated carbocycles. The van der Waals surface area contributed by atoms with Gasteiger partial charge in [0, 0.05) is 31.6 Å². The van der Waals surface area contributed by atoms with Gasteiger partial charge >= 0.3 is 5.97 Å². The third-order valence-corrected chi connectivity index (χ3v) is 5.76. The molecule has 1 N–H and O–H groups in total. The van der Waals surface area contributed by atoms with Crippen LogP contribution in [0.5, 0.6) is 0 Å². The lowest BCUT2D eigenvalue weighted by atomic mass is 10.1. The number of esters is 1. The number of fused-ring (bicyclic) bond motifs is 1. The summed E-state index contributed by atoms with van der Waals surface area (Å²) >= 11 is 1.38. The van der Waals surface area contributed by atoms with Crippen molar-refractivity contribution in [3.8, 4) is 0 Å². The summed E-state index contributed by atoms with van der Waals surface area (Å²) in [7, 11) is 0. The summed E-state index contributed by atoms with van der Waals surface area (Å²) in [5.41, 5.74) is -0.370. The van der Waals surface area contributed by atoms with Gasteiger partial charge in [0.25, 0.3) is 11.5 Å². The summed E-state index contributed by atoms with van der Waals surface area (Å²) in [5.74, 6) is -1.42. The Morgan fingerprint density at radius 3 is 2.73 bits per heavy atom. The first-order chi connectivity index (χ1) is 14.5. The lowest BCUT2D eigenvalue weighted by Crippen LogP contribution is -2.49. The highest BCUT2D eigenvalue weighted by Gasteiger charge is 2.29. The molecule has 10 heteroatoms. The Kier molecular flexibility index (Phi) is 5.49. The number of nitrogens with one attached hydrogen (secondary N) is 1. The van der Waals surface area contributed by atoms with Crippen molar-refractivity contribution < 1.29 is 18.7 Å². The van der Waals surface area contributed by atoms with Crippen molar-refractivity contribution in [1.29, 1.82) is 0 Å². The number of anilines is 1. The molecule has 4 rings (SSSR count). The van der Waals surface area contributed by atoms with E-state index in [1.165, 1.54) is 17.4 Å². The van der Waals surface area contributed by atoms with E-state index >= 15 is 0 Å². The van der Waals surface area contributed by atoms with Gasteiger partial charge in [0.1, 0.15) is 17.0 Å². The molecule has 0 radical (unpaired) electrons. The van der Waals surface area contributed by atoms with E-state index in [4.69, 9.17) is 4.74 Å². The van der Waals surface area contributed by atoms with Crippen LogP contribution in [0.3, 0.4) is 0 Å². The van der Waals surface area contributed by atoms with Crippen molar-refractivity contribution in [2.75, 3.05) is 37.7 Å². The fourth-order valence-corrected chi connectivity index (χ4v) is 4.23. The highest BCUT2D eigenvalue weighted by atomic mass is 32.1. The highest BCUT2D eigenvalue weighted by molar-refractivity contribution is 7.12. The summed E-state index contributed by atoms with van der Waals surface area (Å²) in [6.07, 6.45) is 1.00. The number of amides is 1. The normalized spacial score (nSPS) is 14.2. The summed E-state index contributed by atoms with van der Waals surface area (Å²) in [5, 5.41) is 2.16. The maximum absolute atomic E-state index is 13.9. The zero-order valence-corrected chi connectivity index (χ0v) is 17.0. The zero-order valence-electron chi connectivity index (χ0n) is 16.2. The molecule has 0 spiro atoms. The van der Waals surface area contributed by atoms with Crippen LogP contribution in [-0.2, 0) is 4.74 Å². The third kappa shape index (κ3) is 3.65. The van der Waals surface area contributed by atoms with Crippen molar-refractivity contribution in [2.45, 2.75) is 6.92 Å². The molecule has 0 aromatic carbocycles. The van der Waals surface area contributed by atoms with Crippen molar-refractivity contribution in [1.82, 2.24) is 14.9 Å². The summed E-state index contributed by atoms with van der Waals surface area (Å²) in [4.78, 5) is 48.5. The number of nitrogens with zero attached hydrogens (tertiary/aromatic N) is 3. The van der Waals surface area contributed by atoms with Crippen LogP contribution in [0, 0.1) is 5.82 Å². The Morgan fingerprint density at radius 2 is 2.07 bits per heavy atom. The summed E-state index contributed by atoms with van der Waals surface area (Å²) < 4.78 is 19.0. The minimum atomic E-state index is -0.781. The number of aromatic nitrogens is 2. The van der Waals surface area contributed by atoms with Gasteiger partial charge < -0.3 is 19.5 Å². The van der Waals surface area contributed by atoms with E-state index in [1.807, 2.05) is 16.3 Å². The SMILES string of the molecule is CCOC(=O)c1c(N2CCN(C(=O)c3cccs3)CC2)c2cc(F)cnc2[nH]c1=O. The van der Waals surface area contributed by atoms with Gasteiger partial charge in [-0.1, -0.05) is 6.07 Å². The van der Waals surface area contributed by atoms with Crippen LogP contribution < -0.4 is 10.5 Å². The maximum Gasteiger partial charge on any atom is 0.345 e. The minimum absolute atomic E-state index is 0.0567. The van der Waals surface area contributed by atoms with Crippen LogP contribution >= 0.6 is 11.3 Å². The molecular weight excluding hydrogens is 411 g/mol. The summed E-state index contributed by atoms with van der Waals surface area (Å²) in [6.45, 7) is 3.28. The average Bonchev–Trinajstić information content (AvgIpc) is 3.28. The molecule has 156 valence electrons. The fourth-order valence-electron chi connectivity index (χ4n) is 3.54. The van der Waals surface area contributed by atoms with E-state index in [0.29, 0.717) is 36.4 Å². The highest BCUT2D eigenvalue weighted by Crippen LogP contribution is 2.29. The van der Waals surface area contributed by atoms with E-state index in [1.54, 1.807) is 17.9 Å². The van der Waals surface area contributed by atoms with E-state index < -0.39 is 17.3 Å². The number of carbonyl (C=O) groups is 2. The second-order valence-electron chi connectivity index (χ2n) is 6.70. The number of halogens is 1. The zero-order chi connectivity index (χ0) is 21.3. The molecule has 0 unspecified atom stereocenters. The monoisotopic (exact) mass is 430 g/mol. The molecule has 0 bridgehead atoms. The number of hydrogen-bond acceptors (Lipinski definition) is 7. The van der Waals surface area contributed by atoms with Crippen LogP contribution in [0.2, 0.25) is 0 Å². The molecule has 0 aliphatic carbocycles. The van der Waals surface area contributed by atoms with Crippen LogP contribution in [0.4, 0.5) is 10.1 Å². The first-order valence-electron chi connectivity index (χ1n) is 9.46. The number of thiophene rings is 1. The Hall–Kier alpha value is -3.27. The Bertz CT molecular complexity index is 1150. The molecule has 1 saturated heterocycles. The number of piperazine rings is 1. The van der Waals surface area contributed by atoms with E-state index in [0.717, 1.165) is 6.20 Å². The Labute approximate surface area is 174 Å². The quantitative estimate of drug-likeness (QED) is 0.638. The van der Waals surface area contributed by atoms with Crippen LogP contribution in [0.1, 0.15) is 27.0 Å². The van der Waals surface area contributed by atoms with Gasteiger partial charge in [0.2, 0.25) is 0 Å². The molecule has 3 aromatic heterocycles. The van der Waals surface area contributed by atoms with E-state index in [9.17, 15) is 18.8 Å². The Balaban J connectivity index is 1.71. The largest absolute Gasteiger partial charge is 0.462 e. The fraction of sp³-hybridized carbons (Fsp3) is 0.300. The second-order valence-corrected chi connectivity index (χ2v) is 7.65. The van der Waals surface area contributed by atoms with Gasteiger partial charge in [-0.25, -0.2) is 14.2 Å². The molecule has 8 nitrogen and oxygen atoms in total. The average molecular weight is 430 g/mol. The van der Waals surface area contributed by atoms with Crippen LogP contribution in [0.25, 0.3) is 11.0 Å². The Morgan fingerprint density at radius 1 is 1.30 bits per heavy atom. The van der Waals surface area contributed by atoms with Crippen molar-refractivity contribution in [3.63, 3.8) is 0 Å². The van der Waals surface area contributed by atoms with Crippen LogP contribution in [-0.4, -0.2) is 59.5 Å². The smallest absolute Gasteiger partial charge is 0.345 e. The first kappa shape index (κ1) is 20.0. The predicted molar refractivity (Wildman–Crippen MR) is 111 cm³/mol. The molecule has 4 heterocycles. The van der Waals surface area contributed by atoms with Gasteiger partial charge in [0.15, 0.2) is 0 Å². The van der Waals surface area contributed by atoms with Gasteiger partial charge in [0.05, 0.1) is 23.4 Å². The maximum atomic E-state index is 13.9. The molecular formula is C20H19FN4O4S. The number of rotatable bonds is 4. The summed E-state index contributed by atoms with van der Waals surface area (Å²) in [6, 6.07) is 4.83. The molecule has 1 amide bonds. The minimum Gasteiger partial charge on any atom is -0.462 e. The van der Waals surface area contributed by atoms with Crippen molar-refractivity contribution in [3.05, 3.63) is 56.4 Å². The van der Waals surface area contributed by atoms with Gasteiger partial charge in [-0.3, -0.25) is 9.59 Å². The molecule has 0 atom stereocenters. The van der Waals surface area contributed by atoms with E-state index in [2.05, 4.69) is 9.97 Å². The number of aromatic amines is 1. The number of H-pyrrole nitrogens is 1. The van der Waals surface area contributed by atoms with Crippen LogP contribution in [0.15, 0.2) is 34.6 Å². The topological polar surface area (TPSA) is 95.6 Å². The molecule has 1 aliphatic heterocycles. The van der Waals surface area contributed by atoms with Gasteiger partial charge in [-0.05, 0) is 24.4 Å². The number of ether oxygens (including phenoxy) is 1. The molecule has 30 heavy (non-hydrogen) atoms. The molecule has 1 aliphatic rings. The number of hydrogen-bond donors (Lipinski definition) is 1. The second kappa shape index (κ2) is 8.23. The molecule has 3 aromatic rings. The lowest BCUT2D eigenvalue weighted by Gasteiger charge is -2.36. The predicted octanol–water partition coefficient (Wildman–Crippen LogP) is 2.26. The van der Waals surface area contributed by atoms with Crippen molar-refractivity contribution >= 4 is 39.9 Å². The lowest BCUT2D eigenvalue weighted by molar-refractivity contribution is 0.0524. The van der Waals surface area contributed by atoms with Gasteiger partial charge in [-0.15, -0.1) is 11.3 Å². The number of carbonyl (C=O) groups excluding carboxylic acids is 2.